The Bertz CT molecular complexity index is 1130. The van der Waals surface area contributed by atoms with Gasteiger partial charge in [-0.2, -0.15) is 10.1 Å². The maximum atomic E-state index is 12.4. The van der Waals surface area contributed by atoms with Gasteiger partial charge in [0.05, 0.1) is 11.5 Å². The summed E-state index contributed by atoms with van der Waals surface area (Å²) in [5.41, 5.74) is 1.19. The first-order chi connectivity index (χ1) is 17.4. The van der Waals surface area contributed by atoms with E-state index in [9.17, 15) is 13.2 Å². The second kappa shape index (κ2) is 11.0. The summed E-state index contributed by atoms with van der Waals surface area (Å²) in [6.45, 7) is 0. The van der Waals surface area contributed by atoms with Crippen LogP contribution in [0.15, 0.2) is 18.3 Å². The van der Waals surface area contributed by atoms with Crippen LogP contribution in [0.1, 0.15) is 75.8 Å². The Kier molecular flexibility index (Phi) is 7.59. The Morgan fingerprint density at radius 2 is 1.56 bits per heavy atom. The van der Waals surface area contributed by atoms with Crippen LogP contribution < -0.4 is 21.3 Å². The molecule has 1 saturated heterocycles. The van der Waals surface area contributed by atoms with E-state index in [1.807, 2.05) is 6.07 Å². The lowest BCUT2D eigenvalue weighted by Crippen LogP contribution is -2.49. The van der Waals surface area contributed by atoms with Gasteiger partial charge < -0.3 is 21.3 Å². The molecule has 5 N–H and O–H groups in total. The number of anilines is 3. The largest absolute Gasteiger partial charge is 0.351 e. The zero-order valence-electron chi connectivity index (χ0n) is 20.5. The minimum atomic E-state index is -2.93. The van der Waals surface area contributed by atoms with Crippen molar-refractivity contribution in [1.82, 2.24) is 30.8 Å². The van der Waals surface area contributed by atoms with Crippen molar-refractivity contribution >= 4 is 33.5 Å². The van der Waals surface area contributed by atoms with Gasteiger partial charge in [-0.3, -0.25) is 5.10 Å². The number of sulfone groups is 1. The SMILES string of the molecule is O=C(NC1CCC(Nc2nccc(Nc3cc(C4CCCC4)[nH]n3)n2)CC1)NC1CCS(=O)(=O)CC1. The van der Waals surface area contributed by atoms with Crippen molar-refractivity contribution in [3.05, 3.63) is 24.0 Å². The number of amides is 2. The van der Waals surface area contributed by atoms with E-state index in [1.165, 1.54) is 31.4 Å². The fourth-order valence-corrected chi connectivity index (χ4v) is 6.98. The average molecular weight is 517 g/mol. The average Bonchev–Trinajstić information content (AvgIpc) is 3.54. The topological polar surface area (TPSA) is 154 Å². The highest BCUT2D eigenvalue weighted by atomic mass is 32.2. The highest BCUT2D eigenvalue weighted by molar-refractivity contribution is 7.91. The van der Waals surface area contributed by atoms with Gasteiger partial charge in [0.15, 0.2) is 5.82 Å². The van der Waals surface area contributed by atoms with E-state index in [-0.39, 0.29) is 35.7 Å². The molecular formula is C24H36N8O3S. The molecule has 0 atom stereocenters. The summed E-state index contributed by atoms with van der Waals surface area (Å²) >= 11 is 0. The van der Waals surface area contributed by atoms with Gasteiger partial charge in [-0.05, 0) is 57.4 Å². The van der Waals surface area contributed by atoms with Gasteiger partial charge >= 0.3 is 6.03 Å². The summed E-state index contributed by atoms with van der Waals surface area (Å²) in [5.74, 6) is 2.92. The van der Waals surface area contributed by atoms with Crippen molar-refractivity contribution in [3.8, 4) is 0 Å². The fourth-order valence-electron chi connectivity index (χ4n) is 5.49. The van der Waals surface area contributed by atoms with Crippen molar-refractivity contribution in [2.24, 2.45) is 0 Å². The van der Waals surface area contributed by atoms with Gasteiger partial charge in [0.1, 0.15) is 15.7 Å². The number of nitrogens with zero attached hydrogens (tertiary/aromatic N) is 3. The van der Waals surface area contributed by atoms with Crippen LogP contribution in [0.25, 0.3) is 0 Å². The summed E-state index contributed by atoms with van der Waals surface area (Å²) in [5, 5.41) is 20.2. The van der Waals surface area contributed by atoms with Crippen molar-refractivity contribution in [3.63, 3.8) is 0 Å². The van der Waals surface area contributed by atoms with Gasteiger partial charge in [-0.1, -0.05) is 12.8 Å². The van der Waals surface area contributed by atoms with E-state index in [4.69, 9.17) is 0 Å². The number of nitrogens with one attached hydrogen (secondary N) is 5. The summed E-state index contributed by atoms with van der Waals surface area (Å²) in [6.07, 6.45) is 11.2. The minimum absolute atomic E-state index is 0.0691. The zero-order valence-corrected chi connectivity index (χ0v) is 21.3. The summed E-state index contributed by atoms with van der Waals surface area (Å²) < 4.78 is 23.1. The molecule has 36 heavy (non-hydrogen) atoms. The van der Waals surface area contributed by atoms with Crippen molar-refractivity contribution < 1.29 is 13.2 Å². The number of rotatable bonds is 7. The fraction of sp³-hybridized carbons (Fsp3) is 0.667. The van der Waals surface area contributed by atoms with Gasteiger partial charge in [0.25, 0.3) is 0 Å². The lowest BCUT2D eigenvalue weighted by Gasteiger charge is -2.30. The van der Waals surface area contributed by atoms with Crippen LogP contribution in [0, 0.1) is 0 Å². The third-order valence-corrected chi connectivity index (χ3v) is 9.31. The van der Waals surface area contributed by atoms with E-state index in [0.717, 1.165) is 31.5 Å². The number of aromatic amines is 1. The molecule has 196 valence electrons. The Balaban J connectivity index is 1.05. The maximum Gasteiger partial charge on any atom is 0.315 e. The molecule has 1 aliphatic heterocycles. The lowest BCUT2D eigenvalue weighted by molar-refractivity contribution is 0.227. The highest BCUT2D eigenvalue weighted by Gasteiger charge is 2.27. The standard InChI is InChI=1S/C24H36N8O3S/c33-24(28-19-10-13-36(34,35)14-11-19)27-18-7-5-17(6-8-18)26-23-25-12-9-21(30-23)29-22-15-20(31-32-22)16-3-1-2-4-16/h9,12,15-19H,1-8,10-11,13-14H2,(H2,27,28,33)(H3,25,26,29,30,31,32). The molecule has 3 heterocycles. The van der Waals surface area contributed by atoms with Crippen LogP contribution in [-0.2, 0) is 9.84 Å². The predicted octanol–water partition coefficient (Wildman–Crippen LogP) is 3.20. The number of hydrogen-bond donors (Lipinski definition) is 5. The number of urea groups is 1. The summed E-state index contributed by atoms with van der Waals surface area (Å²) in [7, 11) is -2.93. The smallest absolute Gasteiger partial charge is 0.315 e. The molecule has 5 rings (SSSR count). The Hall–Kier alpha value is -2.89. The van der Waals surface area contributed by atoms with Crippen molar-refractivity contribution in [1.29, 1.82) is 0 Å². The molecule has 11 nitrogen and oxygen atoms in total. The zero-order chi connectivity index (χ0) is 25.0. The normalized spacial score (nSPS) is 24.8. The molecule has 2 saturated carbocycles. The van der Waals surface area contributed by atoms with Crippen LogP contribution in [0.2, 0.25) is 0 Å². The van der Waals surface area contributed by atoms with Crippen LogP contribution in [-0.4, -0.2) is 64.2 Å². The Morgan fingerprint density at radius 3 is 2.28 bits per heavy atom. The van der Waals surface area contributed by atoms with Gasteiger partial charge in [-0.25, -0.2) is 18.2 Å². The van der Waals surface area contributed by atoms with E-state index in [1.54, 1.807) is 6.20 Å². The number of H-pyrrole nitrogens is 1. The number of carbonyl (C=O) groups is 1. The number of hydrogen-bond acceptors (Lipinski definition) is 8. The molecule has 0 bridgehead atoms. The van der Waals surface area contributed by atoms with E-state index >= 15 is 0 Å². The molecule has 12 heteroatoms. The molecular weight excluding hydrogens is 480 g/mol. The molecule has 0 spiro atoms. The molecule has 0 aromatic carbocycles. The minimum Gasteiger partial charge on any atom is -0.351 e. The molecule has 3 fully saturated rings. The molecule has 2 aliphatic carbocycles. The molecule has 2 aromatic rings. The monoisotopic (exact) mass is 516 g/mol. The third kappa shape index (κ3) is 6.65. The Morgan fingerprint density at radius 1 is 0.889 bits per heavy atom. The van der Waals surface area contributed by atoms with Crippen molar-refractivity contribution in [2.45, 2.75) is 88.3 Å². The van der Waals surface area contributed by atoms with Crippen molar-refractivity contribution in [2.75, 3.05) is 22.1 Å². The predicted molar refractivity (Wildman–Crippen MR) is 138 cm³/mol. The summed E-state index contributed by atoms with van der Waals surface area (Å²) in [4.78, 5) is 21.3. The van der Waals surface area contributed by atoms with Crippen LogP contribution in [0.4, 0.5) is 22.4 Å². The van der Waals surface area contributed by atoms with Gasteiger partial charge in [0, 0.05) is 42.0 Å². The molecule has 2 aromatic heterocycles. The van der Waals surface area contributed by atoms with Crippen LogP contribution in [0.3, 0.4) is 0 Å². The molecule has 2 amide bonds. The first-order valence-corrected chi connectivity index (χ1v) is 14.9. The van der Waals surface area contributed by atoms with Crippen LogP contribution >= 0.6 is 0 Å². The number of carbonyl (C=O) groups excluding carboxylic acids is 1. The van der Waals surface area contributed by atoms with E-state index in [2.05, 4.69) is 47.5 Å². The summed E-state index contributed by atoms with van der Waals surface area (Å²) in [6, 6.07) is 3.98. The maximum absolute atomic E-state index is 12.4. The first-order valence-electron chi connectivity index (χ1n) is 13.1. The Labute approximate surface area is 211 Å². The highest BCUT2D eigenvalue weighted by Crippen LogP contribution is 2.34. The number of aromatic nitrogens is 4. The first kappa shape index (κ1) is 24.8. The van der Waals surface area contributed by atoms with Crippen LogP contribution in [0.5, 0.6) is 0 Å². The molecule has 0 unspecified atom stereocenters. The van der Waals surface area contributed by atoms with E-state index in [0.29, 0.717) is 30.5 Å². The molecule has 0 radical (unpaired) electrons. The molecule has 3 aliphatic rings. The van der Waals surface area contributed by atoms with Gasteiger partial charge in [0.2, 0.25) is 5.95 Å². The quantitative estimate of drug-likeness (QED) is 0.376. The van der Waals surface area contributed by atoms with E-state index < -0.39 is 9.84 Å². The second-order valence-electron chi connectivity index (χ2n) is 10.3. The second-order valence-corrected chi connectivity index (χ2v) is 12.6. The third-order valence-electron chi connectivity index (χ3n) is 7.59. The van der Waals surface area contributed by atoms with Gasteiger partial charge in [-0.15, -0.1) is 0 Å². The lowest BCUT2D eigenvalue weighted by atomic mass is 9.91.